The van der Waals surface area contributed by atoms with Crippen LogP contribution in [0.25, 0.3) is 0 Å². The topological polar surface area (TPSA) is 737 Å². The third-order valence-corrected chi connectivity index (χ3v) is 24.9. The van der Waals surface area contributed by atoms with Crippen LogP contribution in [0.4, 0.5) is 0 Å². The van der Waals surface area contributed by atoms with E-state index in [4.69, 9.17) is 156 Å². The Hall–Kier alpha value is -0.105. The Bertz CT molecular complexity index is 3410. The Morgan fingerprint density at radius 3 is 0.951 bits per heavy atom. The third-order valence-electron chi connectivity index (χ3n) is 13.3. The minimum Gasteiger partial charge on any atom is -0.811 e. The largest absolute Gasteiger partial charge is 1.00 e. The molecule has 13 N–H and O–H groups in total. The number of hydrogen-bond acceptors (Lipinski definition) is 40. The molecule has 0 aromatic heterocycles. The average Bonchev–Trinajstić information content (AvgIpc) is 1.74. The summed E-state index contributed by atoms with van der Waals surface area (Å²) in [7, 11) is -34.6. The van der Waals surface area contributed by atoms with Crippen molar-refractivity contribution in [1.29, 1.82) is 0 Å². The summed E-state index contributed by atoms with van der Waals surface area (Å²) in [6.07, 6.45) is 6.06. The zero-order chi connectivity index (χ0) is 111. The summed E-state index contributed by atoms with van der Waals surface area (Å²) in [5.41, 5.74) is 1.42. The van der Waals surface area contributed by atoms with E-state index in [9.17, 15) is 80.3 Å². The number of ether oxygens (including phenoxy) is 13. The van der Waals surface area contributed by atoms with Gasteiger partial charge < -0.3 is 190 Å². The van der Waals surface area contributed by atoms with Crippen LogP contribution < -0.4 is 47.5 Å². The van der Waals surface area contributed by atoms with Gasteiger partial charge in [-0.05, 0) is 201 Å². The molecule has 0 amide bonds. The summed E-state index contributed by atoms with van der Waals surface area (Å²) < 4.78 is 209. The molecule has 848 valence electrons. The van der Waals surface area contributed by atoms with Gasteiger partial charge in [-0.2, -0.15) is 0 Å². The van der Waals surface area contributed by atoms with Crippen molar-refractivity contribution >= 4 is 118 Å². The van der Waals surface area contributed by atoms with E-state index in [1.165, 1.54) is 24.5 Å². The van der Waals surface area contributed by atoms with Crippen LogP contribution in [0.2, 0.25) is 0 Å². The fourth-order valence-electron chi connectivity index (χ4n) is 8.07. The number of alkyl halides is 1. The van der Waals surface area contributed by atoms with Gasteiger partial charge in [0, 0.05) is 103 Å². The van der Waals surface area contributed by atoms with Gasteiger partial charge >= 0.3 is 107 Å². The number of allylic oxidation sites excluding steroid dienone is 5. The van der Waals surface area contributed by atoms with E-state index in [1.807, 2.05) is 102 Å². The number of aldehydes is 4. The van der Waals surface area contributed by atoms with Crippen LogP contribution in [-0.2, 0) is 163 Å². The zero-order valence-electron chi connectivity index (χ0n) is 87.5. The number of rotatable bonds is 69. The monoisotopic (exact) mass is 2330 g/mol. The summed E-state index contributed by atoms with van der Waals surface area (Å²) in [6, 6.07) is 0. The summed E-state index contributed by atoms with van der Waals surface area (Å²) in [5.74, 6) is 1.59. The summed E-state index contributed by atoms with van der Waals surface area (Å²) in [5, 5.41) is 28.8. The number of aliphatic hydroxyl groups is 3. The van der Waals surface area contributed by atoms with Crippen molar-refractivity contribution in [3.8, 4) is 11.6 Å². The molecule has 0 saturated carbocycles. The number of epoxide rings is 1. The van der Waals surface area contributed by atoms with E-state index in [0.717, 1.165) is 24.1 Å². The van der Waals surface area contributed by atoms with E-state index in [0.29, 0.717) is 151 Å². The Labute approximate surface area is 880 Å². The zero-order valence-corrected chi connectivity index (χ0v) is 98.0. The normalized spacial score (nSPS) is 13.3. The molecule has 0 aromatic rings. The molecule has 1 rings (SSSR count). The Morgan fingerprint density at radius 2 is 0.706 bits per heavy atom. The van der Waals surface area contributed by atoms with Crippen LogP contribution in [0, 0.1) is 11.6 Å². The minimum atomic E-state index is -4.57. The summed E-state index contributed by atoms with van der Waals surface area (Å²) >= 11 is 3.28. The number of carbonyl (C=O) groups excluding carboxylic acids is 4. The van der Waals surface area contributed by atoms with Crippen LogP contribution in [-0.4, -0.2) is 352 Å². The molecule has 50 nitrogen and oxygen atoms in total. The molecular weight excluding hydrogens is 2160 g/mol. The summed E-state index contributed by atoms with van der Waals surface area (Å²) in [4.78, 5) is 141. The van der Waals surface area contributed by atoms with Crippen LogP contribution in [0.15, 0.2) is 48.6 Å². The minimum absolute atomic E-state index is 0. The smallest absolute Gasteiger partial charge is 0.811 e. The van der Waals surface area contributed by atoms with Crippen molar-refractivity contribution in [2.75, 3.05) is 200 Å². The maximum absolute atomic E-state index is 12.2. The van der Waals surface area contributed by atoms with Gasteiger partial charge in [0.25, 0.3) is 0 Å². The average molecular weight is 2330 g/mol. The van der Waals surface area contributed by atoms with Crippen molar-refractivity contribution in [3.63, 3.8) is 0 Å². The second-order valence-corrected chi connectivity index (χ2v) is 43.5. The molecule has 1 heterocycles. The van der Waals surface area contributed by atoms with Gasteiger partial charge in [0.1, 0.15) is 43.3 Å². The van der Waals surface area contributed by atoms with Crippen molar-refractivity contribution in [2.45, 2.75) is 233 Å². The van der Waals surface area contributed by atoms with Crippen molar-refractivity contribution in [2.24, 2.45) is 0 Å². The van der Waals surface area contributed by atoms with Crippen molar-refractivity contribution in [1.82, 2.24) is 0 Å². The van der Waals surface area contributed by atoms with E-state index in [2.05, 4.69) is 15.9 Å². The van der Waals surface area contributed by atoms with Crippen molar-refractivity contribution < 1.29 is 274 Å². The van der Waals surface area contributed by atoms with E-state index in [-0.39, 0.29) is 125 Å². The third kappa shape index (κ3) is 146. The van der Waals surface area contributed by atoms with Crippen LogP contribution in [0.5, 0.6) is 0 Å². The van der Waals surface area contributed by atoms with Gasteiger partial charge in [0.05, 0.1) is 103 Å². The molecule has 1 fully saturated rings. The fraction of sp³-hybridized carbons (Fsp3) is 0.825. The first-order valence-electron chi connectivity index (χ1n) is 45.0. The van der Waals surface area contributed by atoms with Crippen molar-refractivity contribution in [3.05, 3.63) is 48.6 Å². The van der Waals surface area contributed by atoms with Gasteiger partial charge in [0.15, 0.2) is 44.0 Å². The van der Waals surface area contributed by atoms with Gasteiger partial charge in [-0.25, -0.2) is 4.57 Å². The molecule has 4 unspecified atom stereocenters. The molecule has 143 heavy (non-hydrogen) atoms. The van der Waals surface area contributed by atoms with Gasteiger partial charge in [-0.15, -0.1) is 0 Å². The number of aliphatic hydroxyl groups excluding tert-OH is 3. The molecule has 1 aliphatic heterocycles. The maximum atomic E-state index is 12.2. The number of halogens is 1. The van der Waals surface area contributed by atoms with Crippen LogP contribution in [0.3, 0.4) is 0 Å². The van der Waals surface area contributed by atoms with Crippen LogP contribution in [0.1, 0.15) is 171 Å². The van der Waals surface area contributed by atoms with E-state index >= 15 is 0 Å². The molecule has 63 heteroatoms. The molecule has 0 aromatic carbocycles. The Kier molecular flexibility index (Phi) is 136. The number of carbonyl (C=O) groups is 4. The van der Waals surface area contributed by atoms with Gasteiger partial charge in [-0.3, -0.25) is 41.5 Å². The maximum Gasteiger partial charge on any atom is 1.00 e. The van der Waals surface area contributed by atoms with Gasteiger partial charge in [-0.1, -0.05) is 47.8 Å². The molecule has 0 aliphatic carbocycles. The fourth-order valence-corrected chi connectivity index (χ4v) is 15.9. The Morgan fingerprint density at radius 1 is 0.392 bits per heavy atom. The van der Waals surface area contributed by atoms with E-state index in [1.54, 1.807) is 73.5 Å². The quantitative estimate of drug-likeness (QED) is 0.00427. The van der Waals surface area contributed by atoms with Gasteiger partial charge in [0.2, 0.25) is 0 Å². The standard InChI is InChI=1S/C12H27O6P.C12H25O5P.C8H15BrO2.C8H19O6P.C8H17O5P.C7H14O3.C6H15O3P.C5H13O3P.C4H9O5P.C4H7O4P.C3H7O4P.C3H3O4P.2Li/c1-5-15-12(16-6-2)11(13)9-10-19(14,17-7-3)18-8-4;1-5-14-12(15-6-2)10-9-11-18(13,16-7-3)17-8-4;1-3-10-8(11-4-2)6-5-7-9;1-3-13-8(14-4-2)7(9)5-6-15(10,11)12;1-3-12-8(13-4-2)6-5-7-14(9,10)11;1-3-8-7(9-4-2)6-5-10-6;1-4-7-10(8-5-2)9-6-3;1-4-7-9(3,6)8-5-2;5-3-4(6)1-2-10(7,8)9;5-3-1-2-4-9(6,7)8;2*4-2-1-3-8(5,6)7;;/h11-13H,5-10H2,1-4H3;9-10,12H,5-8,11H2,1-4H3;5-6,8H,3-4,7H2,1-2H3;7-9H,3-6H2,1-2H3,(H2,10,11,12);5-6,8H,3-4,7H2,1-2H3,(H2,9,10,11);6-7H,3-5H2,1-2H3;4-6H2,1-3H3;4-5H2,1-3H3;3-4,6H,1-2H2,(H2,7,8,9);1-3H,4H2,(H2,6,7,8);2H,1,3H2,(H2,5,6,7);2H,(H2,5,6,7);;/q;;;;;;;;;;;;2*+1/p-2/b;;6-5+;;;;;;;;;;;. The predicted molar refractivity (Wildman–Crippen MR) is 533 cm³/mol. The molecule has 0 bridgehead atoms. The Balaban J connectivity index is -0.000000118. The summed E-state index contributed by atoms with van der Waals surface area (Å²) in [6.45, 7) is 51.6. The second-order valence-electron chi connectivity index (χ2n) is 25.3. The molecule has 0 radical (unpaired) electrons. The predicted octanol–water partition coefficient (Wildman–Crippen LogP) is 5.22. The SMILES string of the molecule is CCOC(/C=C/CBr)OCC.CCOC(C=CCP(=O)(O)O)OCC.CCOC(C=CCP(=O)(OCC)OCC)OCC.CCOC(OCC)C(O)CCP(=O)(OCC)OCC.CCOC(OCC)C(O)CCP(=O)([O-])[O-].CCOC(OCC)C1CO1.CCOP(C)(=O)OCC.CCOP(OCC)OCC.O=CC#CP(=O)(O)O.O=CC(O)CCP(=O)(O)O.O=CC=CCP(=O)(O)O.O=CCCP(=O)(O)O.[Li+].[Li+]. The molecule has 0 spiro atoms. The number of hydrogen-bond donors (Lipinski definition) is 13. The molecule has 1 saturated heterocycles. The molecular formula is C80H169BrLi2O50P10. The first-order valence-corrected chi connectivity index (χ1v) is 63.2. The first-order chi connectivity index (χ1) is 65.9. The van der Waals surface area contributed by atoms with Crippen LogP contribution >= 0.6 is 92.9 Å². The molecule has 1 aliphatic rings. The molecule has 4 atom stereocenters. The van der Waals surface area contributed by atoms with E-state index < -0.39 is 133 Å². The second kappa shape index (κ2) is 114. The first kappa shape index (κ1) is 171.